The smallest absolute Gasteiger partial charge is 0.0558 e. The molecule has 0 bridgehead atoms. The van der Waals surface area contributed by atoms with Gasteiger partial charge in [0.05, 0.1) is 11.4 Å². The van der Waals surface area contributed by atoms with E-state index in [9.17, 15) is 0 Å². The molecule has 3 aromatic heterocycles. The van der Waals surface area contributed by atoms with Crippen LogP contribution in [-0.2, 0) is 6.42 Å². The third-order valence-electron chi connectivity index (χ3n) is 12.2. The summed E-state index contributed by atoms with van der Waals surface area (Å²) < 4.78 is 0. The molecule has 0 aliphatic heterocycles. The zero-order valence-electron chi connectivity index (χ0n) is 51.0. The van der Waals surface area contributed by atoms with Gasteiger partial charge >= 0.3 is 0 Å². The van der Waals surface area contributed by atoms with Crippen LogP contribution in [0.2, 0.25) is 5.02 Å². The number of halogens is 1. The Morgan fingerprint density at radius 3 is 0.962 bits per heavy atom. The summed E-state index contributed by atoms with van der Waals surface area (Å²) in [5.74, 6) is 0. The molecule has 416 valence electrons. The first-order valence-corrected chi connectivity index (χ1v) is 27.1. The lowest BCUT2D eigenvalue weighted by Gasteiger charge is -2.00. The van der Waals surface area contributed by atoms with Crippen LogP contribution in [0.4, 0.5) is 0 Å². The number of aryl methyl sites for hydroxylation is 20. The summed E-state index contributed by atoms with van der Waals surface area (Å²) in [6.45, 7) is 43.7. The second kappa shape index (κ2) is 39.4. The lowest BCUT2D eigenvalue weighted by molar-refractivity contribution is 1.05. The van der Waals surface area contributed by atoms with Crippen LogP contribution in [0.5, 0.6) is 0 Å². The third kappa shape index (κ3) is 32.5. The molecule has 5 heteroatoms. The molecular weight excluding hydrogens is 968 g/mol. The summed E-state index contributed by atoms with van der Waals surface area (Å²) in [5.41, 5.74) is 26.6. The maximum Gasteiger partial charge on any atom is 0.0558 e. The minimum atomic E-state index is 0. The van der Waals surface area contributed by atoms with Crippen molar-refractivity contribution in [2.75, 3.05) is 0 Å². The van der Waals surface area contributed by atoms with Crippen LogP contribution < -0.4 is 0 Å². The van der Waals surface area contributed by atoms with Gasteiger partial charge in [-0.25, -0.2) is 0 Å². The van der Waals surface area contributed by atoms with Crippen molar-refractivity contribution in [1.29, 1.82) is 0 Å². The number of rotatable bonds is 1. The maximum atomic E-state index is 5.88. The van der Waals surface area contributed by atoms with E-state index in [1.807, 2.05) is 97.1 Å². The maximum absolute atomic E-state index is 5.88. The average molecular weight is 1070 g/mol. The first-order valence-electron chi connectivity index (χ1n) is 26.8. The molecule has 9 aromatic rings. The summed E-state index contributed by atoms with van der Waals surface area (Å²) in [6, 6.07) is 52.5. The van der Waals surface area contributed by atoms with E-state index in [0.717, 1.165) is 51.0 Å². The predicted octanol–water partition coefficient (Wildman–Crippen LogP) is 20.8. The summed E-state index contributed by atoms with van der Waals surface area (Å²) >= 11 is 5.88. The molecule has 0 saturated heterocycles. The van der Waals surface area contributed by atoms with Crippen LogP contribution >= 0.6 is 11.6 Å². The summed E-state index contributed by atoms with van der Waals surface area (Å²) in [4.78, 5) is 16.2. The normalized spacial score (nSPS) is 9.36. The van der Waals surface area contributed by atoms with E-state index in [2.05, 4.69) is 226 Å². The largest absolute Gasteiger partial charge is 0.262 e. The second-order valence-electron chi connectivity index (χ2n) is 20.1. The molecule has 0 saturated carbocycles. The number of benzene rings is 6. The molecule has 0 fully saturated rings. The van der Waals surface area contributed by atoms with Gasteiger partial charge in [0.1, 0.15) is 0 Å². The van der Waals surface area contributed by atoms with Gasteiger partial charge in [-0.3, -0.25) is 19.9 Å². The third-order valence-corrected chi connectivity index (χ3v) is 12.8. The highest BCUT2D eigenvalue weighted by Gasteiger charge is 1.96. The Balaban J connectivity index is 0.000000854. The molecule has 6 aromatic carbocycles. The monoisotopic (exact) mass is 1060 g/mol. The van der Waals surface area contributed by atoms with Crippen LogP contribution in [0.1, 0.15) is 132 Å². The predicted molar refractivity (Wildman–Crippen MR) is 345 cm³/mol. The summed E-state index contributed by atoms with van der Waals surface area (Å²) in [6.07, 6.45) is 6.45. The molecule has 0 atom stereocenters. The van der Waals surface area contributed by atoms with Gasteiger partial charge in [-0.15, -0.1) is 0 Å². The Morgan fingerprint density at radius 1 is 0.321 bits per heavy atom. The highest BCUT2D eigenvalue weighted by atomic mass is 35.5. The van der Waals surface area contributed by atoms with Crippen molar-refractivity contribution in [1.82, 2.24) is 19.9 Å². The van der Waals surface area contributed by atoms with E-state index in [-0.39, 0.29) is 7.43 Å². The Morgan fingerprint density at radius 2 is 0.692 bits per heavy atom. The topological polar surface area (TPSA) is 51.6 Å². The van der Waals surface area contributed by atoms with Gasteiger partial charge in [0.15, 0.2) is 0 Å². The van der Waals surface area contributed by atoms with Gasteiger partial charge in [0.25, 0.3) is 0 Å². The Bertz CT molecular complexity index is 2710. The second-order valence-corrected chi connectivity index (χ2v) is 20.5. The quantitative estimate of drug-likeness (QED) is 0.164. The van der Waals surface area contributed by atoms with Crippen LogP contribution in [0.25, 0.3) is 0 Å². The van der Waals surface area contributed by atoms with E-state index in [4.69, 9.17) is 11.6 Å². The lowest BCUT2D eigenvalue weighted by atomic mass is 10.1. The van der Waals surface area contributed by atoms with Crippen molar-refractivity contribution in [3.05, 3.63) is 293 Å². The Labute approximate surface area is 481 Å². The minimum absolute atomic E-state index is 0. The van der Waals surface area contributed by atoms with Gasteiger partial charge < -0.3 is 0 Å². The van der Waals surface area contributed by atoms with Crippen molar-refractivity contribution in [3.8, 4) is 0 Å². The Hall–Kier alpha value is -7.01. The molecule has 9 rings (SSSR count). The van der Waals surface area contributed by atoms with E-state index >= 15 is 0 Å². The molecule has 0 spiro atoms. The highest BCUT2D eigenvalue weighted by Crippen LogP contribution is 2.18. The number of aromatic nitrogens is 4. The summed E-state index contributed by atoms with van der Waals surface area (Å²) in [5, 5.41) is 0.887. The number of hydrogen-bond acceptors (Lipinski definition) is 4. The van der Waals surface area contributed by atoms with Crippen LogP contribution in [0, 0.1) is 138 Å². The molecule has 0 unspecified atom stereocenters. The van der Waals surface area contributed by atoms with Crippen LogP contribution in [0.15, 0.2) is 170 Å². The van der Waals surface area contributed by atoms with Crippen LogP contribution in [0.3, 0.4) is 0 Å². The SMILES string of the molecule is C.CCc1cccc(C)c1.Cc1ccc(C)c(C)c1.Cc1ccc(C)c(C)c1.Cc1cccc(C)c1.Cc1cccc(C)c1C.Cc1cccc(C)c1Cl.Cc1cccc(C)n1.Cc1ccnc(C)c1.Cc1cncc(C)n1. The lowest BCUT2D eigenvalue weighted by Crippen LogP contribution is -1.85. The fourth-order valence-corrected chi connectivity index (χ4v) is 7.30. The molecule has 3 heterocycles. The van der Waals surface area contributed by atoms with Gasteiger partial charge in [0, 0.05) is 40.7 Å². The molecule has 0 amide bonds. The van der Waals surface area contributed by atoms with E-state index < -0.39 is 0 Å². The molecule has 0 aliphatic rings. The van der Waals surface area contributed by atoms with Gasteiger partial charge in [-0.05, 0) is 230 Å². The van der Waals surface area contributed by atoms with Gasteiger partial charge in [-0.1, -0.05) is 181 Å². The van der Waals surface area contributed by atoms with E-state index in [0.29, 0.717) is 0 Å². The molecule has 4 nitrogen and oxygen atoms in total. The first-order chi connectivity index (χ1) is 36.3. The van der Waals surface area contributed by atoms with E-state index in [1.54, 1.807) is 12.4 Å². The number of nitrogens with zero attached hydrogens (tertiary/aromatic N) is 4. The fraction of sp³-hybridized carbons (Fsp3) is 0.315. The molecular formula is C73H97ClN4. The van der Waals surface area contributed by atoms with Gasteiger partial charge in [-0.2, -0.15) is 0 Å². The van der Waals surface area contributed by atoms with Crippen molar-refractivity contribution >= 4 is 11.6 Å². The molecule has 0 N–H and O–H groups in total. The number of hydrogen-bond donors (Lipinski definition) is 0. The number of pyridine rings is 2. The zero-order valence-corrected chi connectivity index (χ0v) is 51.8. The Kier molecular flexibility index (Phi) is 35.8. The van der Waals surface area contributed by atoms with Crippen molar-refractivity contribution in [2.45, 2.75) is 159 Å². The van der Waals surface area contributed by atoms with Gasteiger partial charge in [0.2, 0.25) is 0 Å². The van der Waals surface area contributed by atoms with Crippen LogP contribution in [-0.4, -0.2) is 19.9 Å². The molecule has 0 aliphatic carbocycles. The van der Waals surface area contributed by atoms with Crippen molar-refractivity contribution in [3.63, 3.8) is 0 Å². The van der Waals surface area contributed by atoms with Crippen molar-refractivity contribution < 1.29 is 0 Å². The standard InChI is InChI=1S/4C9H12.C8H9Cl.C8H10.2C7H9N.C6H8N2.CH4/c2*1-7-4-5-8(2)9(3)6-7;1-7-5-4-6-8(2)9(7)3;1-3-9-6-4-5-8(2)7-9;1-6-4-3-5-7(2)8(6)9;1-7-4-3-5-8(2)6-7;1-6-3-4-8-7(2)5-6;1-6-4-3-5-7(2)8-6;1-5-3-7-4-6(2)8-5;/h3*4-6H,1-3H3;4-7H,3H2,1-2H3;3-5H,1-2H3;3-6H,1-2H3;2*3-5H,1-2H3;3-4H,1-2H3;1H4. The first kappa shape index (κ1) is 71.0. The van der Waals surface area contributed by atoms with E-state index in [1.165, 1.54) is 77.9 Å². The molecule has 78 heavy (non-hydrogen) atoms. The fourth-order valence-electron chi connectivity index (χ4n) is 7.17. The summed E-state index contributed by atoms with van der Waals surface area (Å²) in [7, 11) is 0. The highest BCUT2D eigenvalue weighted by molar-refractivity contribution is 6.32. The average Bonchev–Trinajstić information content (AvgIpc) is 3.36. The zero-order chi connectivity index (χ0) is 58.0. The van der Waals surface area contributed by atoms with Crippen molar-refractivity contribution in [2.24, 2.45) is 0 Å². The minimum Gasteiger partial charge on any atom is -0.262 e. The molecule has 0 radical (unpaired) electrons.